The number of ketones is 1. The van der Waals surface area contributed by atoms with Crippen LogP contribution in [0.25, 0.3) is 0 Å². The van der Waals surface area contributed by atoms with Crippen molar-refractivity contribution in [1.29, 1.82) is 0 Å². The van der Waals surface area contributed by atoms with Gasteiger partial charge in [-0.3, -0.25) is 4.79 Å². The van der Waals surface area contributed by atoms with E-state index in [9.17, 15) is 9.18 Å². The van der Waals surface area contributed by atoms with Gasteiger partial charge in [-0.15, -0.1) is 0 Å². The van der Waals surface area contributed by atoms with E-state index in [2.05, 4.69) is 0 Å². The maximum Gasteiger partial charge on any atom is 0.161 e. The third kappa shape index (κ3) is 2.37. The van der Waals surface area contributed by atoms with Crippen molar-refractivity contribution in [3.8, 4) is 5.75 Å². The Kier molecular flexibility index (Phi) is 3.14. The molecule has 0 amide bonds. The Bertz CT molecular complexity index is 652. The van der Waals surface area contributed by atoms with E-state index in [1.807, 2.05) is 17.0 Å². The lowest BCUT2D eigenvalue weighted by molar-refractivity contribution is 0.101. The minimum absolute atomic E-state index is 0.0340. The monoisotopic (exact) mass is 271 g/mol. The summed E-state index contributed by atoms with van der Waals surface area (Å²) < 4.78 is 18.6. The van der Waals surface area contributed by atoms with Gasteiger partial charge in [0.05, 0.1) is 0 Å². The van der Waals surface area contributed by atoms with E-state index < -0.39 is 0 Å². The molecule has 0 spiro atoms. The second-order valence-corrected chi connectivity index (χ2v) is 4.83. The lowest BCUT2D eigenvalue weighted by Crippen LogP contribution is -2.31. The predicted molar refractivity (Wildman–Crippen MR) is 74.5 cm³/mol. The number of rotatable bonds is 2. The molecule has 2 aromatic carbocycles. The van der Waals surface area contributed by atoms with Crippen LogP contribution in [0.4, 0.5) is 10.1 Å². The van der Waals surface area contributed by atoms with E-state index in [0.717, 1.165) is 17.0 Å². The topological polar surface area (TPSA) is 29.5 Å². The van der Waals surface area contributed by atoms with Crippen LogP contribution < -0.4 is 9.64 Å². The number of nitrogens with zero attached hydrogens (tertiary/aromatic N) is 1. The molecule has 0 unspecified atom stereocenters. The number of benzene rings is 2. The molecule has 3 rings (SSSR count). The summed E-state index contributed by atoms with van der Waals surface area (Å²) in [4.78, 5) is 13.4. The van der Waals surface area contributed by atoms with Crippen LogP contribution in [-0.2, 0) is 6.54 Å². The summed E-state index contributed by atoms with van der Waals surface area (Å²) in [5.74, 6) is 0.575. The van der Waals surface area contributed by atoms with E-state index >= 15 is 0 Å². The number of fused-ring (bicyclic) bond motifs is 1. The van der Waals surface area contributed by atoms with Gasteiger partial charge in [0.1, 0.15) is 11.6 Å². The molecule has 0 saturated carbocycles. The van der Waals surface area contributed by atoms with E-state index in [1.165, 1.54) is 12.1 Å². The summed E-state index contributed by atoms with van der Waals surface area (Å²) in [5.41, 5.74) is 2.53. The fourth-order valence-electron chi connectivity index (χ4n) is 2.28. The van der Waals surface area contributed by atoms with Crippen molar-refractivity contribution in [3.05, 3.63) is 59.4 Å². The standard InChI is InChI=1S/C16H14FNO2/c1-11(19)12-2-7-16-13(8-12)9-18(10-20-16)15-5-3-14(17)4-6-15/h2-8H,9-10H2,1H3. The van der Waals surface area contributed by atoms with Crippen molar-refractivity contribution in [2.75, 3.05) is 11.6 Å². The van der Waals surface area contributed by atoms with Gasteiger partial charge >= 0.3 is 0 Å². The summed E-state index contributed by atoms with van der Waals surface area (Å²) in [6.07, 6.45) is 0. The van der Waals surface area contributed by atoms with Crippen LogP contribution in [0.3, 0.4) is 0 Å². The lowest BCUT2D eigenvalue weighted by Gasteiger charge is -2.31. The minimum Gasteiger partial charge on any atom is -0.473 e. The zero-order valence-electron chi connectivity index (χ0n) is 11.1. The highest BCUT2D eigenvalue weighted by atomic mass is 19.1. The van der Waals surface area contributed by atoms with Gasteiger partial charge in [-0.2, -0.15) is 0 Å². The molecule has 1 aliphatic rings. The lowest BCUT2D eigenvalue weighted by atomic mass is 10.1. The number of anilines is 1. The molecule has 20 heavy (non-hydrogen) atoms. The van der Waals surface area contributed by atoms with Crippen LogP contribution in [0.1, 0.15) is 22.8 Å². The Hall–Kier alpha value is -2.36. The number of ether oxygens (including phenoxy) is 1. The number of hydrogen-bond acceptors (Lipinski definition) is 3. The van der Waals surface area contributed by atoms with E-state index in [-0.39, 0.29) is 11.6 Å². The molecule has 2 aromatic rings. The largest absolute Gasteiger partial charge is 0.473 e. The molecule has 0 fully saturated rings. The highest BCUT2D eigenvalue weighted by Gasteiger charge is 2.18. The molecule has 0 aromatic heterocycles. The van der Waals surface area contributed by atoms with Crippen molar-refractivity contribution >= 4 is 11.5 Å². The Morgan fingerprint density at radius 1 is 1.20 bits per heavy atom. The molecule has 102 valence electrons. The van der Waals surface area contributed by atoms with Crippen LogP contribution >= 0.6 is 0 Å². The van der Waals surface area contributed by atoms with Crippen molar-refractivity contribution < 1.29 is 13.9 Å². The van der Waals surface area contributed by atoms with Crippen molar-refractivity contribution in [3.63, 3.8) is 0 Å². The summed E-state index contributed by atoms with van der Waals surface area (Å²) in [6, 6.07) is 11.8. The number of carbonyl (C=O) groups excluding carboxylic acids is 1. The first-order valence-electron chi connectivity index (χ1n) is 6.40. The quantitative estimate of drug-likeness (QED) is 0.784. The average Bonchev–Trinajstić information content (AvgIpc) is 2.47. The van der Waals surface area contributed by atoms with Gasteiger partial charge in [-0.25, -0.2) is 4.39 Å². The number of hydrogen-bond donors (Lipinski definition) is 0. The second-order valence-electron chi connectivity index (χ2n) is 4.83. The normalized spacial score (nSPS) is 13.6. The van der Waals surface area contributed by atoms with Gasteiger partial charge in [0.2, 0.25) is 0 Å². The fourth-order valence-corrected chi connectivity index (χ4v) is 2.28. The number of Topliss-reactive ketones (excluding diaryl/α,β-unsaturated/α-hetero) is 1. The summed E-state index contributed by atoms with van der Waals surface area (Å²) >= 11 is 0. The third-order valence-electron chi connectivity index (χ3n) is 3.40. The van der Waals surface area contributed by atoms with Gasteiger partial charge in [-0.05, 0) is 49.4 Å². The predicted octanol–water partition coefficient (Wildman–Crippen LogP) is 3.38. The fraction of sp³-hybridized carbons (Fsp3) is 0.188. The number of carbonyl (C=O) groups is 1. The first-order valence-corrected chi connectivity index (χ1v) is 6.40. The second kappa shape index (κ2) is 4.96. The third-order valence-corrected chi connectivity index (χ3v) is 3.40. The van der Waals surface area contributed by atoms with Crippen LogP contribution in [0.15, 0.2) is 42.5 Å². The zero-order chi connectivity index (χ0) is 14.1. The van der Waals surface area contributed by atoms with E-state index in [1.54, 1.807) is 25.1 Å². The van der Waals surface area contributed by atoms with E-state index in [4.69, 9.17) is 4.74 Å². The van der Waals surface area contributed by atoms with Crippen molar-refractivity contribution in [2.45, 2.75) is 13.5 Å². The first-order chi connectivity index (χ1) is 9.63. The Morgan fingerprint density at radius 3 is 2.65 bits per heavy atom. The Labute approximate surface area is 116 Å². The molecule has 0 N–H and O–H groups in total. The first kappa shape index (κ1) is 12.7. The summed E-state index contributed by atoms with van der Waals surface area (Å²) in [6.45, 7) is 2.60. The highest BCUT2D eigenvalue weighted by molar-refractivity contribution is 5.94. The van der Waals surface area contributed by atoms with Gasteiger partial charge in [0.25, 0.3) is 0 Å². The zero-order valence-corrected chi connectivity index (χ0v) is 11.1. The molecular formula is C16H14FNO2. The van der Waals surface area contributed by atoms with Crippen LogP contribution in [-0.4, -0.2) is 12.5 Å². The van der Waals surface area contributed by atoms with Gasteiger partial charge in [0.15, 0.2) is 12.5 Å². The van der Waals surface area contributed by atoms with Crippen LogP contribution in [0, 0.1) is 5.82 Å². The smallest absolute Gasteiger partial charge is 0.161 e. The minimum atomic E-state index is -0.258. The Balaban J connectivity index is 1.88. The SMILES string of the molecule is CC(=O)c1ccc2c(c1)CN(c1ccc(F)cc1)CO2. The van der Waals surface area contributed by atoms with Crippen LogP contribution in [0.5, 0.6) is 5.75 Å². The summed E-state index contributed by atoms with van der Waals surface area (Å²) in [5, 5.41) is 0. The summed E-state index contributed by atoms with van der Waals surface area (Å²) in [7, 11) is 0. The van der Waals surface area contributed by atoms with Gasteiger partial charge in [0, 0.05) is 23.4 Å². The van der Waals surface area contributed by atoms with Gasteiger partial charge < -0.3 is 9.64 Å². The van der Waals surface area contributed by atoms with Crippen molar-refractivity contribution in [1.82, 2.24) is 0 Å². The molecular weight excluding hydrogens is 257 g/mol. The molecule has 4 heteroatoms. The average molecular weight is 271 g/mol. The molecule has 1 aliphatic heterocycles. The molecule has 0 saturated heterocycles. The molecule has 3 nitrogen and oxygen atoms in total. The van der Waals surface area contributed by atoms with Crippen LogP contribution in [0.2, 0.25) is 0 Å². The van der Waals surface area contributed by atoms with E-state index in [0.29, 0.717) is 18.8 Å². The maximum atomic E-state index is 12.9. The van der Waals surface area contributed by atoms with Crippen molar-refractivity contribution in [2.24, 2.45) is 0 Å². The molecule has 0 radical (unpaired) electrons. The Morgan fingerprint density at radius 2 is 1.95 bits per heavy atom. The number of halogens is 1. The molecule has 1 heterocycles. The molecule has 0 aliphatic carbocycles. The molecule has 0 atom stereocenters. The molecule has 0 bridgehead atoms. The van der Waals surface area contributed by atoms with Gasteiger partial charge in [-0.1, -0.05) is 0 Å². The maximum absolute atomic E-state index is 12.9. The highest BCUT2D eigenvalue weighted by Crippen LogP contribution is 2.29.